The van der Waals surface area contributed by atoms with E-state index in [-0.39, 0.29) is 29.5 Å². The third kappa shape index (κ3) is 6.84. The highest BCUT2D eigenvalue weighted by Gasteiger charge is 2.31. The highest BCUT2D eigenvalue weighted by molar-refractivity contribution is 7.91. The molecule has 0 radical (unpaired) electrons. The SMILES string of the molecule is CCCOCS(=O)(=O)c1ccc([C@@H]2CC[C@@H](c3cc(OC)c(OC)c(OC)c3)O2)cc1OCc1ccccc1. The Bertz CT molecular complexity index is 1320. The van der Waals surface area contributed by atoms with E-state index in [0.29, 0.717) is 23.9 Å². The molecule has 8 nitrogen and oxygen atoms in total. The van der Waals surface area contributed by atoms with Crippen LogP contribution in [0, 0.1) is 0 Å². The predicted octanol–water partition coefficient (Wildman–Crippen LogP) is 6.04. The lowest BCUT2D eigenvalue weighted by Crippen LogP contribution is -2.13. The summed E-state index contributed by atoms with van der Waals surface area (Å²) in [5.74, 6) is 1.55. The van der Waals surface area contributed by atoms with Gasteiger partial charge in [0, 0.05) is 6.61 Å². The van der Waals surface area contributed by atoms with Gasteiger partial charge in [-0.25, -0.2) is 8.42 Å². The molecule has 0 N–H and O–H groups in total. The molecule has 2 atom stereocenters. The molecule has 1 fully saturated rings. The Balaban J connectivity index is 1.59. The number of methoxy groups -OCH3 is 3. The first-order chi connectivity index (χ1) is 18.9. The molecule has 0 bridgehead atoms. The molecule has 3 aromatic carbocycles. The van der Waals surface area contributed by atoms with Gasteiger partial charge >= 0.3 is 0 Å². The van der Waals surface area contributed by atoms with Gasteiger partial charge in [-0.1, -0.05) is 43.3 Å². The summed E-state index contributed by atoms with van der Waals surface area (Å²) in [4.78, 5) is 0.109. The topological polar surface area (TPSA) is 89.5 Å². The van der Waals surface area contributed by atoms with E-state index in [1.165, 1.54) is 0 Å². The molecule has 4 rings (SSSR count). The van der Waals surface area contributed by atoms with Crippen LogP contribution in [0.5, 0.6) is 23.0 Å². The van der Waals surface area contributed by atoms with Crippen LogP contribution >= 0.6 is 0 Å². The van der Waals surface area contributed by atoms with Crippen molar-refractivity contribution in [1.82, 2.24) is 0 Å². The van der Waals surface area contributed by atoms with Crippen LogP contribution in [0.25, 0.3) is 0 Å². The first-order valence-corrected chi connectivity index (χ1v) is 14.6. The van der Waals surface area contributed by atoms with Crippen molar-refractivity contribution in [2.75, 3.05) is 33.9 Å². The van der Waals surface area contributed by atoms with Gasteiger partial charge in [0.1, 0.15) is 17.3 Å². The van der Waals surface area contributed by atoms with Crippen molar-refractivity contribution < 1.29 is 36.8 Å². The average Bonchev–Trinajstić information content (AvgIpc) is 3.46. The van der Waals surface area contributed by atoms with Crippen molar-refractivity contribution in [2.24, 2.45) is 0 Å². The van der Waals surface area contributed by atoms with Crippen LogP contribution in [0.1, 0.15) is 55.1 Å². The average molecular weight is 557 g/mol. The third-order valence-corrected chi connectivity index (χ3v) is 8.06. The van der Waals surface area contributed by atoms with E-state index in [2.05, 4.69) is 0 Å². The highest BCUT2D eigenvalue weighted by atomic mass is 32.2. The van der Waals surface area contributed by atoms with Gasteiger partial charge in [-0.15, -0.1) is 0 Å². The monoisotopic (exact) mass is 556 g/mol. The number of ether oxygens (including phenoxy) is 6. The second-order valence-corrected chi connectivity index (χ2v) is 11.2. The minimum absolute atomic E-state index is 0.109. The first-order valence-electron chi connectivity index (χ1n) is 13.0. The van der Waals surface area contributed by atoms with Gasteiger partial charge in [0.25, 0.3) is 0 Å². The fourth-order valence-corrected chi connectivity index (χ4v) is 5.79. The zero-order chi connectivity index (χ0) is 27.8. The van der Waals surface area contributed by atoms with E-state index >= 15 is 0 Å². The summed E-state index contributed by atoms with van der Waals surface area (Å²) in [5.41, 5.74) is 2.70. The van der Waals surface area contributed by atoms with Gasteiger partial charge in [-0.2, -0.15) is 0 Å². The fraction of sp³-hybridized carbons (Fsp3) is 0.400. The summed E-state index contributed by atoms with van der Waals surface area (Å²) in [6, 6.07) is 18.6. The summed E-state index contributed by atoms with van der Waals surface area (Å²) in [5, 5.41) is 0. The Morgan fingerprint density at radius 2 is 1.46 bits per heavy atom. The molecule has 0 unspecified atom stereocenters. The molecule has 0 aromatic heterocycles. The number of hydrogen-bond donors (Lipinski definition) is 0. The molecule has 0 saturated carbocycles. The summed E-state index contributed by atoms with van der Waals surface area (Å²) in [6.45, 7) is 2.54. The molecule has 1 aliphatic rings. The molecule has 0 spiro atoms. The van der Waals surface area contributed by atoms with E-state index in [1.54, 1.807) is 39.5 Å². The fourth-order valence-electron chi connectivity index (χ4n) is 4.62. The van der Waals surface area contributed by atoms with E-state index in [1.807, 2.05) is 49.4 Å². The van der Waals surface area contributed by atoms with Crippen molar-refractivity contribution in [1.29, 1.82) is 0 Å². The van der Waals surface area contributed by atoms with Crippen LogP contribution in [-0.4, -0.2) is 42.3 Å². The molecule has 1 heterocycles. The van der Waals surface area contributed by atoms with Crippen LogP contribution in [0.4, 0.5) is 0 Å². The van der Waals surface area contributed by atoms with Crippen molar-refractivity contribution in [3.63, 3.8) is 0 Å². The summed E-state index contributed by atoms with van der Waals surface area (Å²) in [6.07, 6.45) is 1.84. The maximum Gasteiger partial charge on any atom is 0.205 e. The number of hydrogen-bond acceptors (Lipinski definition) is 8. The third-order valence-electron chi connectivity index (χ3n) is 6.58. The van der Waals surface area contributed by atoms with Crippen molar-refractivity contribution in [3.05, 3.63) is 77.4 Å². The molecule has 3 aromatic rings. The lowest BCUT2D eigenvalue weighted by molar-refractivity contribution is 0.0436. The Morgan fingerprint density at radius 3 is 2.08 bits per heavy atom. The summed E-state index contributed by atoms with van der Waals surface area (Å²) < 4.78 is 60.6. The van der Waals surface area contributed by atoms with Crippen molar-refractivity contribution in [2.45, 2.75) is 49.9 Å². The molecular weight excluding hydrogens is 520 g/mol. The standard InChI is InChI=1S/C30H36O8S/c1-5-15-36-20-39(31,32)29-14-11-22(16-26(29)37-19-21-9-7-6-8-10-21)24-12-13-25(38-24)23-17-27(33-2)30(35-4)28(18-23)34-3/h6-11,14,16-18,24-25H,5,12-13,15,19-20H2,1-4H3/t24-,25-/m0/s1. The lowest BCUT2D eigenvalue weighted by atomic mass is 10.0. The van der Waals surface area contributed by atoms with Crippen LogP contribution < -0.4 is 18.9 Å². The smallest absolute Gasteiger partial charge is 0.205 e. The van der Waals surface area contributed by atoms with Crippen LogP contribution in [0.2, 0.25) is 0 Å². The maximum atomic E-state index is 13.1. The predicted molar refractivity (Wildman–Crippen MR) is 147 cm³/mol. The largest absolute Gasteiger partial charge is 0.493 e. The van der Waals surface area contributed by atoms with Gasteiger partial charge in [0.05, 0.1) is 33.5 Å². The van der Waals surface area contributed by atoms with E-state index in [0.717, 1.165) is 36.0 Å². The minimum atomic E-state index is -3.71. The van der Waals surface area contributed by atoms with Crippen LogP contribution in [0.15, 0.2) is 65.6 Å². The molecule has 1 saturated heterocycles. The van der Waals surface area contributed by atoms with Crippen molar-refractivity contribution in [3.8, 4) is 23.0 Å². The number of sulfone groups is 1. The molecule has 0 aliphatic carbocycles. The van der Waals surface area contributed by atoms with E-state index in [9.17, 15) is 8.42 Å². The first kappa shape index (κ1) is 28.7. The lowest BCUT2D eigenvalue weighted by Gasteiger charge is -2.19. The molecule has 210 valence electrons. The number of rotatable bonds is 13. The molecular formula is C30H36O8S. The Morgan fingerprint density at radius 1 is 0.821 bits per heavy atom. The minimum Gasteiger partial charge on any atom is -0.493 e. The summed E-state index contributed by atoms with van der Waals surface area (Å²) >= 11 is 0. The maximum absolute atomic E-state index is 13.1. The Hall–Kier alpha value is -3.27. The van der Waals surface area contributed by atoms with Crippen molar-refractivity contribution >= 4 is 9.84 Å². The van der Waals surface area contributed by atoms with E-state index in [4.69, 9.17) is 28.4 Å². The molecule has 9 heteroatoms. The quantitative estimate of drug-likeness (QED) is 0.235. The summed E-state index contributed by atoms with van der Waals surface area (Å²) in [7, 11) is 1.02. The Labute approximate surface area is 230 Å². The molecule has 0 amide bonds. The second kappa shape index (κ2) is 13.2. The molecule has 39 heavy (non-hydrogen) atoms. The highest BCUT2D eigenvalue weighted by Crippen LogP contribution is 2.46. The van der Waals surface area contributed by atoms with Crippen LogP contribution in [-0.2, 0) is 25.9 Å². The van der Waals surface area contributed by atoms with Crippen LogP contribution in [0.3, 0.4) is 0 Å². The Kier molecular flexibility index (Phi) is 9.72. The normalized spacial score (nSPS) is 17.1. The van der Waals surface area contributed by atoms with Gasteiger partial charge in [0.2, 0.25) is 15.6 Å². The number of benzene rings is 3. The van der Waals surface area contributed by atoms with E-state index < -0.39 is 15.8 Å². The van der Waals surface area contributed by atoms with Gasteiger partial charge in [-0.3, -0.25) is 0 Å². The molecule has 1 aliphatic heterocycles. The van der Waals surface area contributed by atoms with Gasteiger partial charge < -0.3 is 28.4 Å². The zero-order valence-electron chi connectivity index (χ0n) is 22.8. The van der Waals surface area contributed by atoms with Gasteiger partial charge in [-0.05, 0) is 60.2 Å². The second-order valence-electron chi connectivity index (χ2n) is 9.27. The van der Waals surface area contributed by atoms with Gasteiger partial charge in [0.15, 0.2) is 17.4 Å². The zero-order valence-corrected chi connectivity index (χ0v) is 23.7.